The molecule has 3 heterocycles. The van der Waals surface area contributed by atoms with Crippen molar-refractivity contribution in [2.24, 2.45) is 5.92 Å². The maximum Gasteiger partial charge on any atom is 0.225 e. The minimum Gasteiger partial charge on any atom is -0.353 e. The van der Waals surface area contributed by atoms with Gasteiger partial charge >= 0.3 is 0 Å². The van der Waals surface area contributed by atoms with Gasteiger partial charge in [0.25, 0.3) is 0 Å². The molecule has 1 aliphatic carbocycles. The van der Waals surface area contributed by atoms with Crippen LogP contribution in [0.2, 0.25) is 0 Å². The number of anilines is 1. The molecule has 4 rings (SSSR count). The Morgan fingerprint density at radius 2 is 1.60 bits per heavy atom. The van der Waals surface area contributed by atoms with Crippen LogP contribution in [0.25, 0.3) is 5.82 Å². The zero-order valence-electron chi connectivity index (χ0n) is 14.5. The molecule has 2 fully saturated rings. The molecule has 0 atom stereocenters. The maximum atomic E-state index is 12.7. The molecule has 2 aromatic heterocycles. The number of nitrogens with zero attached hydrogens (tertiary/aromatic N) is 5. The Labute approximate surface area is 148 Å². The van der Waals surface area contributed by atoms with Crippen LogP contribution in [-0.4, -0.2) is 51.5 Å². The van der Waals surface area contributed by atoms with Crippen LogP contribution in [0.1, 0.15) is 32.1 Å². The molecule has 2 aliphatic rings. The highest BCUT2D eigenvalue weighted by Crippen LogP contribution is 2.26. The van der Waals surface area contributed by atoms with Crippen LogP contribution < -0.4 is 4.90 Å². The van der Waals surface area contributed by atoms with Crippen LogP contribution in [0.4, 0.5) is 5.82 Å². The molecule has 1 aliphatic heterocycles. The third kappa shape index (κ3) is 3.52. The molecule has 1 saturated carbocycles. The summed E-state index contributed by atoms with van der Waals surface area (Å²) in [5.41, 5.74) is 0. The van der Waals surface area contributed by atoms with Gasteiger partial charge < -0.3 is 14.4 Å². The van der Waals surface area contributed by atoms with Gasteiger partial charge in [-0.15, -0.1) is 0 Å². The summed E-state index contributed by atoms with van der Waals surface area (Å²) in [5, 5.41) is 0. The Hall–Kier alpha value is -2.37. The zero-order valence-corrected chi connectivity index (χ0v) is 14.5. The topological polar surface area (TPSA) is 54.3 Å². The average Bonchev–Trinajstić information content (AvgIpc) is 3.23. The molecule has 1 amide bonds. The van der Waals surface area contributed by atoms with Crippen LogP contribution >= 0.6 is 0 Å². The lowest BCUT2D eigenvalue weighted by Gasteiger charge is -2.37. The van der Waals surface area contributed by atoms with Crippen molar-refractivity contribution in [1.29, 1.82) is 0 Å². The molecule has 132 valence electrons. The van der Waals surface area contributed by atoms with E-state index >= 15 is 0 Å². The quantitative estimate of drug-likeness (QED) is 0.862. The highest BCUT2D eigenvalue weighted by molar-refractivity contribution is 5.79. The standard InChI is InChI=1S/C19H25N5O/c25-19(16-6-2-1-3-7-16)24-12-10-23(11-13-24)18-14-17(20-15-21-18)22-8-4-5-9-22/h4-5,8-9,14-16H,1-3,6-7,10-13H2. The molecule has 1 saturated heterocycles. The van der Waals surface area contributed by atoms with Crippen molar-refractivity contribution < 1.29 is 4.79 Å². The molecule has 0 radical (unpaired) electrons. The Morgan fingerprint density at radius 1 is 0.920 bits per heavy atom. The summed E-state index contributed by atoms with van der Waals surface area (Å²) in [6, 6.07) is 5.98. The summed E-state index contributed by atoms with van der Waals surface area (Å²) in [6.07, 6.45) is 11.4. The lowest BCUT2D eigenvalue weighted by atomic mass is 9.88. The summed E-state index contributed by atoms with van der Waals surface area (Å²) < 4.78 is 1.98. The van der Waals surface area contributed by atoms with Gasteiger partial charge in [0.15, 0.2) is 0 Å². The number of aromatic nitrogens is 3. The Kier molecular flexibility index (Phi) is 4.68. The fraction of sp³-hybridized carbons (Fsp3) is 0.526. The second-order valence-corrected chi connectivity index (χ2v) is 6.97. The van der Waals surface area contributed by atoms with Crippen molar-refractivity contribution in [3.8, 4) is 5.82 Å². The predicted molar refractivity (Wildman–Crippen MR) is 96.7 cm³/mol. The molecule has 25 heavy (non-hydrogen) atoms. The number of amides is 1. The molecule has 0 aromatic carbocycles. The second-order valence-electron chi connectivity index (χ2n) is 6.97. The lowest BCUT2D eigenvalue weighted by Crippen LogP contribution is -2.50. The largest absolute Gasteiger partial charge is 0.353 e. The molecule has 0 unspecified atom stereocenters. The van der Waals surface area contributed by atoms with E-state index in [1.807, 2.05) is 35.2 Å². The number of hydrogen-bond donors (Lipinski definition) is 0. The Bertz CT molecular complexity index is 700. The number of carbonyl (C=O) groups excluding carboxylic acids is 1. The maximum absolute atomic E-state index is 12.7. The normalized spacial score (nSPS) is 19.2. The highest BCUT2D eigenvalue weighted by Gasteiger charge is 2.28. The van der Waals surface area contributed by atoms with Crippen LogP contribution in [0.3, 0.4) is 0 Å². The first kappa shape index (κ1) is 16.1. The van der Waals surface area contributed by atoms with Gasteiger partial charge in [-0.25, -0.2) is 9.97 Å². The van der Waals surface area contributed by atoms with E-state index in [1.165, 1.54) is 19.3 Å². The highest BCUT2D eigenvalue weighted by atomic mass is 16.2. The van der Waals surface area contributed by atoms with E-state index in [-0.39, 0.29) is 5.92 Å². The van der Waals surface area contributed by atoms with E-state index in [2.05, 4.69) is 19.8 Å². The molecule has 6 nitrogen and oxygen atoms in total. The minimum absolute atomic E-state index is 0.264. The number of rotatable bonds is 3. The zero-order chi connectivity index (χ0) is 17.1. The first-order valence-corrected chi connectivity index (χ1v) is 9.30. The van der Waals surface area contributed by atoms with E-state index in [0.717, 1.165) is 50.7 Å². The van der Waals surface area contributed by atoms with Crippen LogP contribution in [0, 0.1) is 5.92 Å². The summed E-state index contributed by atoms with van der Waals surface area (Å²) in [4.78, 5) is 25.8. The van der Waals surface area contributed by atoms with Crippen molar-refractivity contribution >= 4 is 11.7 Å². The van der Waals surface area contributed by atoms with Gasteiger partial charge in [-0.05, 0) is 25.0 Å². The van der Waals surface area contributed by atoms with Crippen molar-refractivity contribution in [2.75, 3.05) is 31.1 Å². The summed E-state index contributed by atoms with van der Waals surface area (Å²) >= 11 is 0. The SMILES string of the molecule is O=C(C1CCCCC1)N1CCN(c2cc(-n3cccc3)ncn2)CC1. The van der Waals surface area contributed by atoms with E-state index in [9.17, 15) is 4.79 Å². The third-order valence-electron chi connectivity index (χ3n) is 5.38. The summed E-state index contributed by atoms with van der Waals surface area (Å²) in [7, 11) is 0. The van der Waals surface area contributed by atoms with Crippen molar-refractivity contribution in [2.45, 2.75) is 32.1 Å². The van der Waals surface area contributed by atoms with E-state index in [0.29, 0.717) is 5.91 Å². The fourth-order valence-electron chi connectivity index (χ4n) is 3.90. The monoisotopic (exact) mass is 339 g/mol. The Morgan fingerprint density at radius 3 is 2.32 bits per heavy atom. The van der Waals surface area contributed by atoms with Gasteiger partial charge in [0.1, 0.15) is 18.0 Å². The third-order valence-corrected chi connectivity index (χ3v) is 5.38. The Balaban J connectivity index is 1.38. The van der Waals surface area contributed by atoms with E-state index in [1.54, 1.807) is 6.33 Å². The van der Waals surface area contributed by atoms with Gasteiger partial charge in [0.2, 0.25) is 5.91 Å². The molecular weight excluding hydrogens is 314 g/mol. The fourth-order valence-corrected chi connectivity index (χ4v) is 3.90. The second kappa shape index (κ2) is 7.25. The van der Waals surface area contributed by atoms with Crippen molar-refractivity contribution in [3.05, 3.63) is 36.9 Å². The van der Waals surface area contributed by atoms with Gasteiger partial charge in [0, 0.05) is 50.6 Å². The number of piperazine rings is 1. The van der Waals surface area contributed by atoms with Crippen LogP contribution in [0.15, 0.2) is 36.9 Å². The van der Waals surface area contributed by atoms with Crippen molar-refractivity contribution in [1.82, 2.24) is 19.4 Å². The lowest BCUT2D eigenvalue weighted by molar-refractivity contribution is -0.136. The van der Waals surface area contributed by atoms with Gasteiger partial charge in [-0.1, -0.05) is 19.3 Å². The van der Waals surface area contributed by atoms with Gasteiger partial charge in [0.05, 0.1) is 0 Å². The van der Waals surface area contributed by atoms with Gasteiger partial charge in [-0.2, -0.15) is 0 Å². The molecule has 0 bridgehead atoms. The molecule has 6 heteroatoms. The molecule has 0 N–H and O–H groups in total. The number of hydrogen-bond acceptors (Lipinski definition) is 4. The van der Waals surface area contributed by atoms with Crippen LogP contribution in [-0.2, 0) is 4.79 Å². The average molecular weight is 339 g/mol. The first-order valence-electron chi connectivity index (χ1n) is 9.30. The van der Waals surface area contributed by atoms with Crippen molar-refractivity contribution in [3.63, 3.8) is 0 Å². The summed E-state index contributed by atoms with van der Waals surface area (Å²) in [5.74, 6) is 2.44. The van der Waals surface area contributed by atoms with E-state index < -0.39 is 0 Å². The van der Waals surface area contributed by atoms with Gasteiger partial charge in [-0.3, -0.25) is 4.79 Å². The molecule has 0 spiro atoms. The first-order chi connectivity index (χ1) is 12.3. The predicted octanol–water partition coefficient (Wildman–Crippen LogP) is 2.50. The summed E-state index contributed by atoms with van der Waals surface area (Å²) in [6.45, 7) is 3.25. The number of carbonyl (C=O) groups is 1. The smallest absolute Gasteiger partial charge is 0.225 e. The molecular formula is C19H25N5O. The minimum atomic E-state index is 0.264. The van der Waals surface area contributed by atoms with Crippen LogP contribution in [0.5, 0.6) is 0 Å². The van der Waals surface area contributed by atoms with E-state index in [4.69, 9.17) is 0 Å². The molecule has 2 aromatic rings.